The monoisotopic (exact) mass is 414 g/mol. The summed E-state index contributed by atoms with van der Waals surface area (Å²) in [6, 6.07) is 19.8. The average molecular weight is 415 g/mol. The van der Waals surface area contributed by atoms with Gasteiger partial charge in [-0.25, -0.2) is 4.98 Å². The van der Waals surface area contributed by atoms with Gasteiger partial charge in [0.1, 0.15) is 0 Å². The number of aromatic nitrogens is 2. The molecule has 0 unspecified atom stereocenters. The molecule has 0 aliphatic carbocycles. The largest absolute Gasteiger partial charge is 0.331 e. The first-order valence-electron chi connectivity index (χ1n) is 9.74. The minimum Gasteiger partial charge on any atom is -0.331 e. The van der Waals surface area contributed by atoms with Crippen molar-refractivity contribution in [3.05, 3.63) is 89.6 Å². The van der Waals surface area contributed by atoms with Crippen LogP contribution in [0.1, 0.15) is 17.5 Å². The lowest BCUT2D eigenvalue weighted by atomic mass is 10.1. The van der Waals surface area contributed by atoms with E-state index in [4.69, 9.17) is 0 Å². The number of carbonyl (C=O) groups is 1. The molecule has 2 N–H and O–H groups in total. The van der Waals surface area contributed by atoms with Crippen LogP contribution in [0.3, 0.4) is 0 Å². The zero-order valence-electron chi connectivity index (χ0n) is 16.6. The van der Waals surface area contributed by atoms with E-state index >= 15 is 0 Å². The first kappa shape index (κ1) is 19.8. The van der Waals surface area contributed by atoms with Gasteiger partial charge in [-0.3, -0.25) is 9.78 Å². The molecule has 0 fully saturated rings. The fourth-order valence-electron chi connectivity index (χ4n) is 3.02. The van der Waals surface area contributed by atoms with Gasteiger partial charge in [0.25, 0.3) is 0 Å². The van der Waals surface area contributed by atoms with Gasteiger partial charge in [-0.15, -0.1) is 11.3 Å². The molecular weight excluding hydrogens is 392 g/mol. The summed E-state index contributed by atoms with van der Waals surface area (Å²) in [6.07, 6.45) is 4.68. The van der Waals surface area contributed by atoms with Crippen molar-refractivity contribution in [3.63, 3.8) is 0 Å². The van der Waals surface area contributed by atoms with Gasteiger partial charge in [0.05, 0.1) is 5.69 Å². The molecule has 0 bridgehead atoms. The number of pyridine rings is 1. The van der Waals surface area contributed by atoms with Gasteiger partial charge >= 0.3 is 0 Å². The molecule has 0 saturated carbocycles. The molecule has 0 spiro atoms. The van der Waals surface area contributed by atoms with Crippen LogP contribution in [0.4, 0.5) is 16.5 Å². The number of rotatable bonds is 7. The number of amides is 1. The Morgan fingerprint density at radius 1 is 1.00 bits per heavy atom. The maximum absolute atomic E-state index is 12.3. The Bertz CT molecular complexity index is 1120. The SMILES string of the molecule is Cc1ccc(CCC(=O)Nc2cccc(Nc3nc(-c4ccncc4)cs3)c2)cc1. The standard InChI is InChI=1S/C24H22N4OS/c1-17-5-7-18(8-6-17)9-10-23(29)26-20-3-2-4-21(15-20)27-24-28-22(16-30-24)19-11-13-25-14-12-19/h2-8,11-16H,9-10H2,1H3,(H,26,29)(H,27,28). The van der Waals surface area contributed by atoms with E-state index in [-0.39, 0.29) is 5.91 Å². The van der Waals surface area contributed by atoms with Crippen molar-refractivity contribution >= 4 is 33.8 Å². The fourth-order valence-corrected chi connectivity index (χ4v) is 3.76. The quantitative estimate of drug-likeness (QED) is 0.399. The Labute approximate surface area is 179 Å². The van der Waals surface area contributed by atoms with Gasteiger partial charge in [-0.1, -0.05) is 35.9 Å². The van der Waals surface area contributed by atoms with Gasteiger partial charge in [0, 0.05) is 41.1 Å². The number of hydrogen-bond acceptors (Lipinski definition) is 5. The third kappa shape index (κ3) is 5.30. The maximum atomic E-state index is 12.3. The zero-order valence-corrected chi connectivity index (χ0v) is 17.4. The lowest BCUT2D eigenvalue weighted by Crippen LogP contribution is -2.12. The van der Waals surface area contributed by atoms with E-state index in [2.05, 4.69) is 51.8 Å². The summed E-state index contributed by atoms with van der Waals surface area (Å²) in [4.78, 5) is 21.0. The molecule has 5 nitrogen and oxygen atoms in total. The van der Waals surface area contributed by atoms with Crippen molar-refractivity contribution < 1.29 is 4.79 Å². The van der Waals surface area contributed by atoms with E-state index in [0.717, 1.165) is 34.2 Å². The molecule has 2 heterocycles. The Hall–Kier alpha value is -3.51. The Balaban J connectivity index is 1.35. The van der Waals surface area contributed by atoms with Crippen LogP contribution in [0.25, 0.3) is 11.3 Å². The van der Waals surface area contributed by atoms with Crippen LogP contribution in [0.15, 0.2) is 78.4 Å². The summed E-state index contributed by atoms with van der Waals surface area (Å²) in [5.41, 5.74) is 5.97. The summed E-state index contributed by atoms with van der Waals surface area (Å²) < 4.78 is 0. The number of aryl methyl sites for hydroxylation is 2. The summed E-state index contributed by atoms with van der Waals surface area (Å²) in [5.74, 6) is 0.00180. The molecule has 30 heavy (non-hydrogen) atoms. The first-order valence-corrected chi connectivity index (χ1v) is 10.6. The van der Waals surface area contributed by atoms with Crippen molar-refractivity contribution in [2.45, 2.75) is 19.8 Å². The number of hydrogen-bond donors (Lipinski definition) is 2. The van der Waals surface area contributed by atoms with Crippen molar-refractivity contribution in [2.75, 3.05) is 10.6 Å². The van der Waals surface area contributed by atoms with E-state index in [9.17, 15) is 4.79 Å². The zero-order chi connectivity index (χ0) is 20.8. The second-order valence-corrected chi connectivity index (χ2v) is 7.87. The smallest absolute Gasteiger partial charge is 0.224 e. The molecule has 1 amide bonds. The van der Waals surface area contributed by atoms with E-state index < -0.39 is 0 Å². The molecule has 0 atom stereocenters. The third-order valence-corrected chi connectivity index (χ3v) is 5.40. The molecular formula is C24H22N4OS. The average Bonchev–Trinajstić information content (AvgIpc) is 3.23. The van der Waals surface area contributed by atoms with Crippen molar-refractivity contribution in [1.29, 1.82) is 0 Å². The summed E-state index contributed by atoms with van der Waals surface area (Å²) in [6.45, 7) is 2.06. The van der Waals surface area contributed by atoms with Gasteiger partial charge in [-0.2, -0.15) is 0 Å². The molecule has 4 aromatic rings. The number of anilines is 3. The summed E-state index contributed by atoms with van der Waals surface area (Å²) in [7, 11) is 0. The predicted octanol–water partition coefficient (Wildman–Crippen LogP) is 5.83. The molecule has 0 aliphatic rings. The Morgan fingerprint density at radius 2 is 1.77 bits per heavy atom. The van der Waals surface area contributed by atoms with Crippen LogP contribution in [-0.4, -0.2) is 15.9 Å². The van der Waals surface area contributed by atoms with Crippen molar-refractivity contribution in [1.82, 2.24) is 9.97 Å². The minimum atomic E-state index is 0.00180. The second kappa shape index (κ2) is 9.33. The van der Waals surface area contributed by atoms with Crippen LogP contribution in [0, 0.1) is 6.92 Å². The summed E-state index contributed by atoms with van der Waals surface area (Å²) in [5, 5.41) is 9.09. The maximum Gasteiger partial charge on any atom is 0.224 e. The van der Waals surface area contributed by atoms with Crippen LogP contribution in [-0.2, 0) is 11.2 Å². The van der Waals surface area contributed by atoms with Crippen LogP contribution in [0.2, 0.25) is 0 Å². The van der Waals surface area contributed by atoms with Crippen LogP contribution >= 0.6 is 11.3 Å². The Kier molecular flexibility index (Phi) is 6.15. The van der Waals surface area contributed by atoms with E-state index in [1.54, 1.807) is 12.4 Å². The van der Waals surface area contributed by atoms with Crippen molar-refractivity contribution in [2.24, 2.45) is 0 Å². The molecule has 2 aromatic carbocycles. The molecule has 150 valence electrons. The number of carbonyl (C=O) groups excluding carboxylic acids is 1. The third-order valence-electron chi connectivity index (χ3n) is 4.64. The fraction of sp³-hybridized carbons (Fsp3) is 0.125. The van der Waals surface area contributed by atoms with Gasteiger partial charge in [-0.05, 0) is 49.2 Å². The highest BCUT2D eigenvalue weighted by molar-refractivity contribution is 7.14. The van der Waals surface area contributed by atoms with E-state index in [1.807, 2.05) is 41.8 Å². The number of nitrogens with zero attached hydrogens (tertiary/aromatic N) is 2. The Morgan fingerprint density at radius 3 is 2.57 bits per heavy atom. The molecule has 4 rings (SSSR count). The lowest BCUT2D eigenvalue weighted by Gasteiger charge is -2.08. The topological polar surface area (TPSA) is 66.9 Å². The lowest BCUT2D eigenvalue weighted by molar-refractivity contribution is -0.116. The molecule has 6 heteroatoms. The number of thiazole rings is 1. The van der Waals surface area contributed by atoms with Gasteiger partial charge < -0.3 is 10.6 Å². The van der Waals surface area contributed by atoms with Gasteiger partial charge in [0.15, 0.2) is 5.13 Å². The van der Waals surface area contributed by atoms with E-state index in [0.29, 0.717) is 6.42 Å². The highest BCUT2D eigenvalue weighted by Gasteiger charge is 2.07. The molecule has 2 aromatic heterocycles. The number of nitrogens with one attached hydrogen (secondary N) is 2. The molecule has 0 radical (unpaired) electrons. The minimum absolute atomic E-state index is 0.00180. The van der Waals surface area contributed by atoms with Gasteiger partial charge in [0.2, 0.25) is 5.91 Å². The molecule has 0 saturated heterocycles. The normalized spacial score (nSPS) is 10.6. The first-order chi connectivity index (χ1) is 14.7. The number of benzene rings is 2. The highest BCUT2D eigenvalue weighted by Crippen LogP contribution is 2.27. The van der Waals surface area contributed by atoms with Crippen molar-refractivity contribution in [3.8, 4) is 11.3 Å². The highest BCUT2D eigenvalue weighted by atomic mass is 32.1. The molecule has 0 aliphatic heterocycles. The van der Waals surface area contributed by atoms with Crippen LogP contribution < -0.4 is 10.6 Å². The predicted molar refractivity (Wildman–Crippen MR) is 123 cm³/mol. The van der Waals surface area contributed by atoms with Crippen LogP contribution in [0.5, 0.6) is 0 Å². The summed E-state index contributed by atoms with van der Waals surface area (Å²) >= 11 is 1.54. The van der Waals surface area contributed by atoms with E-state index in [1.165, 1.54) is 22.5 Å². The second-order valence-electron chi connectivity index (χ2n) is 7.01.